The van der Waals surface area contributed by atoms with Crippen molar-refractivity contribution in [2.45, 2.75) is 60.0 Å². The minimum Gasteiger partial charge on any atom is -0.285 e. The van der Waals surface area contributed by atoms with Crippen molar-refractivity contribution in [1.29, 1.82) is 0 Å². The van der Waals surface area contributed by atoms with Gasteiger partial charge in [-0.2, -0.15) is 0 Å². The molecule has 0 bridgehead atoms. The van der Waals surface area contributed by atoms with Crippen LogP contribution in [-0.4, -0.2) is 29.6 Å². The molecule has 140 valence electrons. The highest BCUT2D eigenvalue weighted by atomic mass is 15.4. The molecule has 2 heteroatoms. The lowest BCUT2D eigenvalue weighted by molar-refractivity contribution is 0.234. The molecule has 0 amide bonds. The quantitative estimate of drug-likeness (QED) is 0.749. The molecule has 2 nitrogen and oxygen atoms in total. The average molecular weight is 351 g/mol. The van der Waals surface area contributed by atoms with Crippen LogP contribution >= 0.6 is 0 Å². The Morgan fingerprint density at radius 1 is 0.808 bits per heavy atom. The molecule has 0 unspecified atom stereocenters. The molecule has 0 atom stereocenters. The second kappa shape index (κ2) is 7.54. The first-order valence-electron chi connectivity index (χ1n) is 9.83. The maximum Gasteiger partial charge on any atom is 0.0513 e. The molecule has 0 saturated carbocycles. The molecule has 0 aromatic heterocycles. The summed E-state index contributed by atoms with van der Waals surface area (Å²) >= 11 is 0. The van der Waals surface area contributed by atoms with Gasteiger partial charge in [-0.15, -0.1) is 0 Å². The smallest absolute Gasteiger partial charge is 0.0513 e. The van der Waals surface area contributed by atoms with Gasteiger partial charge in [-0.1, -0.05) is 62.7 Å². The van der Waals surface area contributed by atoms with Gasteiger partial charge in [0.05, 0.1) is 6.67 Å². The van der Waals surface area contributed by atoms with Gasteiger partial charge in [0.25, 0.3) is 0 Å². The van der Waals surface area contributed by atoms with E-state index in [1.165, 1.54) is 33.4 Å². The molecule has 0 spiro atoms. The van der Waals surface area contributed by atoms with Crippen molar-refractivity contribution in [1.82, 2.24) is 9.80 Å². The first-order valence-corrected chi connectivity index (χ1v) is 9.83. The highest BCUT2D eigenvalue weighted by Gasteiger charge is 2.21. The molecule has 2 aromatic rings. The Morgan fingerprint density at radius 3 is 1.88 bits per heavy atom. The van der Waals surface area contributed by atoms with E-state index in [1.54, 1.807) is 0 Å². The molecule has 2 aromatic carbocycles. The Bertz CT molecular complexity index is 730. The van der Waals surface area contributed by atoms with Gasteiger partial charge < -0.3 is 0 Å². The standard InChI is InChI=1S/C24H34N2/c1-18-13-19(2)23(20(3)14-18)16-26-12-11-25(17-26)15-21-7-9-22(10-8-21)24(4,5)6/h7-10,13-14H,11-12,15-17H2,1-6H3. The van der Waals surface area contributed by atoms with Crippen LogP contribution < -0.4 is 0 Å². The van der Waals surface area contributed by atoms with Gasteiger partial charge in [-0.05, 0) is 54.0 Å². The number of aryl methyl sites for hydroxylation is 3. The van der Waals surface area contributed by atoms with Gasteiger partial charge in [0.1, 0.15) is 0 Å². The van der Waals surface area contributed by atoms with Gasteiger partial charge in [-0.3, -0.25) is 9.80 Å². The fourth-order valence-electron chi connectivity index (χ4n) is 4.02. The molecular weight excluding hydrogens is 316 g/mol. The van der Waals surface area contributed by atoms with Crippen LogP contribution in [0.4, 0.5) is 0 Å². The largest absolute Gasteiger partial charge is 0.285 e. The molecule has 3 rings (SSSR count). The van der Waals surface area contributed by atoms with Crippen molar-refractivity contribution >= 4 is 0 Å². The summed E-state index contributed by atoms with van der Waals surface area (Å²) in [6.45, 7) is 19.0. The molecule has 0 aliphatic carbocycles. The molecule has 1 fully saturated rings. The normalized spacial score (nSPS) is 16.4. The molecule has 0 N–H and O–H groups in total. The molecule has 26 heavy (non-hydrogen) atoms. The first kappa shape index (κ1) is 19.1. The van der Waals surface area contributed by atoms with E-state index < -0.39 is 0 Å². The molecule has 1 aliphatic heterocycles. The van der Waals surface area contributed by atoms with Crippen molar-refractivity contribution in [3.05, 3.63) is 69.8 Å². The summed E-state index contributed by atoms with van der Waals surface area (Å²) < 4.78 is 0. The van der Waals surface area contributed by atoms with E-state index in [-0.39, 0.29) is 5.41 Å². The first-order chi connectivity index (χ1) is 12.2. The topological polar surface area (TPSA) is 6.48 Å². The summed E-state index contributed by atoms with van der Waals surface area (Å²) in [6, 6.07) is 13.8. The Labute approximate surface area is 159 Å². The number of hydrogen-bond acceptors (Lipinski definition) is 2. The fourth-order valence-corrected chi connectivity index (χ4v) is 4.02. The van der Waals surface area contributed by atoms with Crippen LogP contribution in [0.5, 0.6) is 0 Å². The van der Waals surface area contributed by atoms with Gasteiger partial charge >= 0.3 is 0 Å². The predicted octanol–water partition coefficient (Wildman–Crippen LogP) is 5.18. The minimum absolute atomic E-state index is 0.229. The number of hydrogen-bond donors (Lipinski definition) is 0. The van der Waals surface area contributed by atoms with Crippen molar-refractivity contribution in [3.63, 3.8) is 0 Å². The Balaban J connectivity index is 1.59. The molecule has 0 radical (unpaired) electrons. The second-order valence-electron chi connectivity index (χ2n) is 9.07. The van der Waals surface area contributed by atoms with E-state index in [9.17, 15) is 0 Å². The van der Waals surface area contributed by atoms with Gasteiger partial charge in [0, 0.05) is 26.2 Å². The zero-order valence-corrected chi connectivity index (χ0v) is 17.4. The zero-order valence-electron chi connectivity index (χ0n) is 17.4. The Hall–Kier alpha value is -1.64. The number of benzene rings is 2. The number of rotatable bonds is 4. The summed E-state index contributed by atoms with van der Waals surface area (Å²) in [5.74, 6) is 0. The summed E-state index contributed by atoms with van der Waals surface area (Å²) in [7, 11) is 0. The van der Waals surface area contributed by atoms with Gasteiger partial charge in [0.2, 0.25) is 0 Å². The zero-order chi connectivity index (χ0) is 18.9. The van der Waals surface area contributed by atoms with E-state index in [4.69, 9.17) is 0 Å². The van der Waals surface area contributed by atoms with Crippen molar-refractivity contribution in [2.75, 3.05) is 19.8 Å². The van der Waals surface area contributed by atoms with Gasteiger partial charge in [-0.25, -0.2) is 0 Å². The maximum absolute atomic E-state index is 2.58. The average Bonchev–Trinajstić information content (AvgIpc) is 2.98. The lowest BCUT2D eigenvalue weighted by atomic mass is 9.87. The second-order valence-corrected chi connectivity index (χ2v) is 9.07. The van der Waals surface area contributed by atoms with Crippen LogP contribution in [0.1, 0.15) is 54.2 Å². The van der Waals surface area contributed by atoms with Crippen molar-refractivity contribution in [2.24, 2.45) is 0 Å². The monoisotopic (exact) mass is 350 g/mol. The Kier molecular flexibility index (Phi) is 5.55. The van der Waals surface area contributed by atoms with E-state index in [0.717, 1.165) is 32.8 Å². The molecular formula is C24H34N2. The summed E-state index contributed by atoms with van der Waals surface area (Å²) in [6.07, 6.45) is 0. The van der Waals surface area contributed by atoms with E-state index in [2.05, 4.69) is 87.7 Å². The minimum atomic E-state index is 0.229. The van der Waals surface area contributed by atoms with Gasteiger partial charge in [0.15, 0.2) is 0 Å². The third kappa shape index (κ3) is 4.55. The fraction of sp³-hybridized carbons (Fsp3) is 0.500. The van der Waals surface area contributed by atoms with Crippen LogP contribution in [0.25, 0.3) is 0 Å². The van der Waals surface area contributed by atoms with Crippen LogP contribution in [0, 0.1) is 20.8 Å². The predicted molar refractivity (Wildman–Crippen MR) is 111 cm³/mol. The summed E-state index contributed by atoms with van der Waals surface area (Å²) in [5, 5.41) is 0. The molecule has 1 heterocycles. The van der Waals surface area contributed by atoms with E-state index >= 15 is 0 Å². The Morgan fingerprint density at radius 2 is 1.35 bits per heavy atom. The highest BCUT2D eigenvalue weighted by Crippen LogP contribution is 2.24. The van der Waals surface area contributed by atoms with E-state index in [1.807, 2.05) is 0 Å². The maximum atomic E-state index is 2.58. The third-order valence-corrected chi connectivity index (χ3v) is 5.58. The van der Waals surface area contributed by atoms with E-state index in [0.29, 0.717) is 0 Å². The lowest BCUT2D eigenvalue weighted by Gasteiger charge is -2.22. The third-order valence-electron chi connectivity index (χ3n) is 5.58. The number of nitrogens with zero attached hydrogens (tertiary/aromatic N) is 2. The van der Waals surface area contributed by atoms with Crippen LogP contribution in [0.2, 0.25) is 0 Å². The lowest BCUT2D eigenvalue weighted by Crippen LogP contribution is -2.25. The SMILES string of the molecule is Cc1cc(C)c(CN2CCN(Cc3ccc(C(C)(C)C)cc3)C2)c(C)c1. The summed E-state index contributed by atoms with van der Waals surface area (Å²) in [5.41, 5.74) is 8.79. The highest BCUT2D eigenvalue weighted by molar-refractivity contribution is 5.37. The van der Waals surface area contributed by atoms with Crippen LogP contribution in [0.15, 0.2) is 36.4 Å². The van der Waals surface area contributed by atoms with Crippen LogP contribution in [-0.2, 0) is 18.5 Å². The van der Waals surface area contributed by atoms with Crippen molar-refractivity contribution < 1.29 is 0 Å². The van der Waals surface area contributed by atoms with Crippen molar-refractivity contribution in [3.8, 4) is 0 Å². The molecule has 1 saturated heterocycles. The molecule has 1 aliphatic rings. The van der Waals surface area contributed by atoms with Crippen LogP contribution in [0.3, 0.4) is 0 Å². The summed E-state index contributed by atoms with van der Waals surface area (Å²) in [4.78, 5) is 5.14.